The molecule has 7 heteroatoms. The standard InChI is InChI=1S/C20H33N5O2/c1-15(2)27-20-19(21-8-9-22-20)25-12-10-24(11-13-25)14-18(26)23-17-6-4-16(3)5-7-17/h8-9,15-17H,4-7,10-14H2,1-3H3,(H,23,26). The van der Waals surface area contributed by atoms with Crippen molar-refractivity contribution < 1.29 is 9.53 Å². The Labute approximate surface area is 162 Å². The summed E-state index contributed by atoms with van der Waals surface area (Å²) in [7, 11) is 0. The highest BCUT2D eigenvalue weighted by Gasteiger charge is 2.25. The van der Waals surface area contributed by atoms with Crippen molar-refractivity contribution in [3.05, 3.63) is 12.4 Å². The third-order valence-corrected chi connectivity index (χ3v) is 5.41. The number of nitrogens with zero attached hydrogens (tertiary/aromatic N) is 4. The first-order chi connectivity index (χ1) is 13.0. The molecule has 1 aromatic rings. The SMILES string of the molecule is CC1CCC(NC(=O)CN2CCN(c3nccnc3OC(C)C)CC2)CC1. The van der Waals surface area contributed by atoms with Gasteiger partial charge in [0.1, 0.15) is 0 Å². The molecule has 0 unspecified atom stereocenters. The molecule has 0 radical (unpaired) electrons. The summed E-state index contributed by atoms with van der Waals surface area (Å²) in [6.07, 6.45) is 8.11. The molecule has 2 fully saturated rings. The molecule has 3 rings (SSSR count). The first-order valence-corrected chi connectivity index (χ1v) is 10.3. The molecule has 2 heterocycles. The number of rotatable bonds is 6. The van der Waals surface area contributed by atoms with Gasteiger partial charge in [0.2, 0.25) is 5.91 Å². The highest BCUT2D eigenvalue weighted by atomic mass is 16.5. The summed E-state index contributed by atoms with van der Waals surface area (Å²) >= 11 is 0. The third kappa shape index (κ3) is 5.79. The molecule has 1 aliphatic carbocycles. The van der Waals surface area contributed by atoms with Crippen molar-refractivity contribution in [1.82, 2.24) is 20.2 Å². The molecule has 0 bridgehead atoms. The van der Waals surface area contributed by atoms with Crippen LogP contribution in [0.2, 0.25) is 0 Å². The maximum Gasteiger partial charge on any atom is 0.257 e. The first-order valence-electron chi connectivity index (χ1n) is 10.3. The number of amides is 1. The van der Waals surface area contributed by atoms with Crippen molar-refractivity contribution in [2.45, 2.75) is 58.6 Å². The molecule has 150 valence electrons. The van der Waals surface area contributed by atoms with Crippen molar-refractivity contribution in [2.75, 3.05) is 37.6 Å². The number of carbonyl (C=O) groups excluding carboxylic acids is 1. The topological polar surface area (TPSA) is 70.6 Å². The lowest BCUT2D eigenvalue weighted by Gasteiger charge is -2.35. The fourth-order valence-electron chi connectivity index (χ4n) is 3.84. The minimum Gasteiger partial charge on any atom is -0.472 e. The van der Waals surface area contributed by atoms with Crippen LogP contribution in [0.4, 0.5) is 5.82 Å². The van der Waals surface area contributed by atoms with Gasteiger partial charge in [0.25, 0.3) is 5.88 Å². The molecule has 1 saturated heterocycles. The Kier molecular flexibility index (Phi) is 6.88. The van der Waals surface area contributed by atoms with Crippen LogP contribution in [-0.4, -0.2) is 65.6 Å². The van der Waals surface area contributed by atoms with Crippen molar-refractivity contribution >= 4 is 11.7 Å². The van der Waals surface area contributed by atoms with Crippen LogP contribution in [-0.2, 0) is 4.79 Å². The smallest absolute Gasteiger partial charge is 0.257 e. The number of ether oxygens (including phenoxy) is 1. The van der Waals surface area contributed by atoms with E-state index in [0.29, 0.717) is 18.5 Å². The Bertz CT molecular complexity index is 608. The van der Waals surface area contributed by atoms with Gasteiger partial charge in [0, 0.05) is 44.6 Å². The van der Waals surface area contributed by atoms with Gasteiger partial charge in [-0.2, -0.15) is 0 Å². The van der Waals surface area contributed by atoms with E-state index in [9.17, 15) is 4.79 Å². The lowest BCUT2D eigenvalue weighted by Crippen LogP contribution is -2.51. The Morgan fingerprint density at radius 1 is 1.15 bits per heavy atom. The van der Waals surface area contributed by atoms with Crippen molar-refractivity contribution in [1.29, 1.82) is 0 Å². The largest absolute Gasteiger partial charge is 0.472 e. The van der Waals surface area contributed by atoms with Crippen LogP contribution >= 0.6 is 0 Å². The molecule has 0 aromatic carbocycles. The van der Waals surface area contributed by atoms with Gasteiger partial charge in [-0.3, -0.25) is 9.69 Å². The second-order valence-electron chi connectivity index (χ2n) is 8.14. The summed E-state index contributed by atoms with van der Waals surface area (Å²) in [6, 6.07) is 0.366. The normalized spacial score (nSPS) is 24.1. The monoisotopic (exact) mass is 375 g/mol. The average molecular weight is 376 g/mol. The second-order valence-corrected chi connectivity index (χ2v) is 8.14. The lowest BCUT2D eigenvalue weighted by molar-refractivity contribution is -0.123. The van der Waals surface area contributed by atoms with Gasteiger partial charge >= 0.3 is 0 Å². The number of aromatic nitrogens is 2. The number of carbonyl (C=O) groups is 1. The maximum absolute atomic E-state index is 12.4. The van der Waals surface area contributed by atoms with Crippen LogP contribution in [0.1, 0.15) is 46.5 Å². The zero-order chi connectivity index (χ0) is 19.2. The molecule has 1 N–H and O–H groups in total. The number of hydrogen-bond donors (Lipinski definition) is 1. The van der Waals surface area contributed by atoms with E-state index in [2.05, 4.69) is 32.0 Å². The van der Waals surface area contributed by atoms with Crippen LogP contribution in [0, 0.1) is 5.92 Å². The van der Waals surface area contributed by atoms with E-state index in [0.717, 1.165) is 50.8 Å². The molecule has 2 aliphatic rings. The van der Waals surface area contributed by atoms with Gasteiger partial charge < -0.3 is 15.0 Å². The zero-order valence-corrected chi connectivity index (χ0v) is 16.9. The van der Waals surface area contributed by atoms with Crippen LogP contribution < -0.4 is 15.0 Å². The van der Waals surface area contributed by atoms with E-state index in [1.54, 1.807) is 12.4 Å². The Morgan fingerprint density at radius 2 is 1.81 bits per heavy atom. The van der Waals surface area contributed by atoms with Gasteiger partial charge in [-0.25, -0.2) is 9.97 Å². The molecule has 1 amide bonds. The van der Waals surface area contributed by atoms with Crippen LogP contribution in [0.15, 0.2) is 12.4 Å². The zero-order valence-electron chi connectivity index (χ0n) is 16.9. The molecular formula is C20H33N5O2. The summed E-state index contributed by atoms with van der Waals surface area (Å²) in [5.41, 5.74) is 0. The fourth-order valence-corrected chi connectivity index (χ4v) is 3.84. The van der Waals surface area contributed by atoms with Crippen molar-refractivity contribution in [3.63, 3.8) is 0 Å². The second kappa shape index (κ2) is 9.35. The van der Waals surface area contributed by atoms with Gasteiger partial charge in [0.15, 0.2) is 5.82 Å². The summed E-state index contributed by atoms with van der Waals surface area (Å²) in [6.45, 7) is 10.1. The van der Waals surface area contributed by atoms with Gasteiger partial charge in [-0.15, -0.1) is 0 Å². The first kappa shape index (κ1) is 19.9. The van der Waals surface area contributed by atoms with E-state index < -0.39 is 0 Å². The number of hydrogen-bond acceptors (Lipinski definition) is 6. The molecular weight excluding hydrogens is 342 g/mol. The molecule has 0 spiro atoms. The number of piperazine rings is 1. The van der Waals surface area contributed by atoms with E-state index in [4.69, 9.17) is 4.74 Å². The summed E-state index contributed by atoms with van der Waals surface area (Å²) in [5.74, 6) is 2.35. The van der Waals surface area contributed by atoms with Crippen molar-refractivity contribution in [2.24, 2.45) is 5.92 Å². The van der Waals surface area contributed by atoms with Crippen molar-refractivity contribution in [3.8, 4) is 5.88 Å². The lowest BCUT2D eigenvalue weighted by atomic mass is 9.87. The van der Waals surface area contributed by atoms with Gasteiger partial charge in [0.05, 0.1) is 12.6 Å². The molecule has 7 nitrogen and oxygen atoms in total. The minimum absolute atomic E-state index is 0.0632. The van der Waals surface area contributed by atoms with Gasteiger partial charge in [-0.05, 0) is 45.4 Å². The quantitative estimate of drug-likeness (QED) is 0.821. The summed E-state index contributed by atoms with van der Waals surface area (Å²) in [5, 5.41) is 3.22. The fraction of sp³-hybridized carbons (Fsp3) is 0.750. The summed E-state index contributed by atoms with van der Waals surface area (Å²) in [4.78, 5) is 25.6. The summed E-state index contributed by atoms with van der Waals surface area (Å²) < 4.78 is 5.79. The van der Waals surface area contributed by atoms with E-state index >= 15 is 0 Å². The molecule has 27 heavy (non-hydrogen) atoms. The molecule has 1 saturated carbocycles. The Morgan fingerprint density at radius 3 is 2.48 bits per heavy atom. The molecule has 1 aromatic heterocycles. The Balaban J connectivity index is 1.46. The average Bonchev–Trinajstić information content (AvgIpc) is 2.64. The predicted octanol–water partition coefficient (Wildman–Crippen LogP) is 2.08. The van der Waals surface area contributed by atoms with Crippen LogP contribution in [0.25, 0.3) is 0 Å². The van der Waals surface area contributed by atoms with Gasteiger partial charge in [-0.1, -0.05) is 6.92 Å². The highest BCUT2D eigenvalue weighted by Crippen LogP contribution is 2.25. The number of anilines is 1. The van der Waals surface area contributed by atoms with E-state index in [-0.39, 0.29) is 12.0 Å². The maximum atomic E-state index is 12.4. The van der Waals surface area contributed by atoms with E-state index in [1.807, 2.05) is 13.8 Å². The third-order valence-electron chi connectivity index (χ3n) is 5.41. The van der Waals surface area contributed by atoms with E-state index in [1.165, 1.54) is 12.8 Å². The highest BCUT2D eigenvalue weighted by molar-refractivity contribution is 5.78. The Hall–Kier alpha value is -1.89. The minimum atomic E-state index is 0.0632. The molecule has 0 atom stereocenters. The van der Waals surface area contributed by atoms with Crippen LogP contribution in [0.3, 0.4) is 0 Å². The molecule has 1 aliphatic heterocycles. The predicted molar refractivity (Wildman–Crippen MR) is 106 cm³/mol. The van der Waals surface area contributed by atoms with Crippen LogP contribution in [0.5, 0.6) is 5.88 Å². The number of nitrogens with one attached hydrogen (secondary N) is 1.